The van der Waals surface area contributed by atoms with Crippen molar-refractivity contribution in [2.24, 2.45) is 0 Å². The van der Waals surface area contributed by atoms with Gasteiger partial charge in [-0.05, 0) is 20.3 Å². The Morgan fingerprint density at radius 2 is 2.37 bits per heavy atom. The first-order chi connectivity index (χ1) is 9.13. The van der Waals surface area contributed by atoms with E-state index in [2.05, 4.69) is 15.1 Å². The zero-order valence-corrected chi connectivity index (χ0v) is 11.0. The van der Waals surface area contributed by atoms with Crippen molar-refractivity contribution in [1.82, 2.24) is 20.0 Å². The fourth-order valence-electron chi connectivity index (χ4n) is 2.44. The molecule has 0 saturated carbocycles. The molecule has 19 heavy (non-hydrogen) atoms. The monoisotopic (exact) mass is 260 g/mol. The van der Waals surface area contributed by atoms with Crippen LogP contribution in [0.1, 0.15) is 40.1 Å². The van der Waals surface area contributed by atoms with Gasteiger partial charge in [0.15, 0.2) is 5.69 Å². The van der Waals surface area contributed by atoms with E-state index in [1.165, 1.54) is 0 Å². The summed E-state index contributed by atoms with van der Waals surface area (Å²) in [6, 6.07) is 1.67. The number of nitrogens with zero attached hydrogens (tertiary/aromatic N) is 3. The van der Waals surface area contributed by atoms with Crippen LogP contribution in [0.25, 0.3) is 0 Å². The van der Waals surface area contributed by atoms with Crippen molar-refractivity contribution in [3.8, 4) is 0 Å². The number of aryl methyl sites for hydroxylation is 2. The van der Waals surface area contributed by atoms with Crippen molar-refractivity contribution < 1.29 is 9.32 Å². The van der Waals surface area contributed by atoms with Crippen LogP contribution in [0.5, 0.6) is 0 Å². The molecule has 6 heteroatoms. The predicted molar refractivity (Wildman–Crippen MR) is 67.8 cm³/mol. The largest absolute Gasteiger partial charge is 0.361 e. The number of amides is 1. The van der Waals surface area contributed by atoms with E-state index in [1.54, 1.807) is 17.9 Å². The van der Waals surface area contributed by atoms with Crippen LogP contribution < -0.4 is 0 Å². The molecule has 2 aromatic heterocycles. The first-order valence-corrected chi connectivity index (χ1v) is 6.37. The molecular formula is C13H16N4O2. The van der Waals surface area contributed by atoms with Gasteiger partial charge < -0.3 is 14.4 Å². The highest BCUT2D eigenvalue weighted by molar-refractivity contribution is 5.92. The third-order valence-corrected chi connectivity index (χ3v) is 3.43. The van der Waals surface area contributed by atoms with Gasteiger partial charge in [0.1, 0.15) is 11.6 Å². The summed E-state index contributed by atoms with van der Waals surface area (Å²) in [5.74, 6) is 1.83. The number of carbonyl (C=O) groups is 1. The number of imidazole rings is 1. The number of hydrogen-bond donors (Lipinski definition) is 1. The maximum absolute atomic E-state index is 12.2. The normalized spacial score (nSPS) is 19.1. The Labute approximate surface area is 110 Å². The minimum absolute atomic E-state index is 0.0670. The molecule has 1 N–H and O–H groups in total. The minimum atomic E-state index is -0.0670. The van der Waals surface area contributed by atoms with Crippen LogP contribution in [0.15, 0.2) is 16.8 Å². The molecule has 0 spiro atoms. The molecule has 2 aromatic rings. The van der Waals surface area contributed by atoms with Crippen molar-refractivity contribution in [2.45, 2.75) is 26.2 Å². The second-order valence-electron chi connectivity index (χ2n) is 5.01. The molecule has 1 saturated heterocycles. The molecule has 1 fully saturated rings. The van der Waals surface area contributed by atoms with E-state index in [4.69, 9.17) is 4.52 Å². The maximum atomic E-state index is 12.2. The lowest BCUT2D eigenvalue weighted by Crippen LogP contribution is -2.28. The zero-order chi connectivity index (χ0) is 13.4. The molecule has 1 atom stereocenters. The van der Waals surface area contributed by atoms with E-state index < -0.39 is 0 Å². The van der Waals surface area contributed by atoms with Gasteiger partial charge in [0, 0.05) is 37.0 Å². The van der Waals surface area contributed by atoms with Crippen LogP contribution in [0.4, 0.5) is 0 Å². The van der Waals surface area contributed by atoms with Crippen molar-refractivity contribution in [2.75, 3.05) is 13.1 Å². The average Bonchev–Trinajstić information content (AvgIpc) is 3.07. The number of carbonyl (C=O) groups excluding carboxylic acids is 1. The van der Waals surface area contributed by atoms with E-state index >= 15 is 0 Å². The van der Waals surface area contributed by atoms with Crippen LogP contribution in [0.2, 0.25) is 0 Å². The molecule has 0 bridgehead atoms. The molecule has 0 unspecified atom stereocenters. The Morgan fingerprint density at radius 3 is 3.00 bits per heavy atom. The first kappa shape index (κ1) is 12.0. The highest BCUT2D eigenvalue weighted by atomic mass is 16.5. The van der Waals surface area contributed by atoms with Gasteiger partial charge in [0.05, 0.1) is 0 Å². The first-order valence-electron chi connectivity index (χ1n) is 6.37. The standard InChI is InChI=1S/C13H16N4O2/c1-8-6-14-12(15-8)10-3-4-17(7-10)13(18)11-5-9(2)19-16-11/h5-6,10H,3-4,7H2,1-2H3,(H,14,15)/t10-/m0/s1. The van der Waals surface area contributed by atoms with Crippen LogP contribution in [-0.2, 0) is 0 Å². The summed E-state index contributed by atoms with van der Waals surface area (Å²) >= 11 is 0. The van der Waals surface area contributed by atoms with E-state index in [0.29, 0.717) is 18.0 Å². The Hall–Kier alpha value is -2.11. The number of likely N-dealkylation sites (tertiary alicyclic amines) is 1. The molecule has 0 aliphatic carbocycles. The summed E-state index contributed by atoms with van der Waals surface area (Å²) < 4.78 is 4.94. The zero-order valence-electron chi connectivity index (χ0n) is 11.0. The van der Waals surface area contributed by atoms with Gasteiger partial charge in [-0.25, -0.2) is 4.98 Å². The van der Waals surface area contributed by atoms with Gasteiger partial charge >= 0.3 is 0 Å². The van der Waals surface area contributed by atoms with Gasteiger partial charge in [0.2, 0.25) is 0 Å². The van der Waals surface area contributed by atoms with Crippen LogP contribution in [-0.4, -0.2) is 39.0 Å². The fraction of sp³-hybridized carbons (Fsp3) is 0.462. The summed E-state index contributed by atoms with van der Waals surface area (Å²) in [6.45, 7) is 5.17. The number of aromatic nitrogens is 3. The third-order valence-electron chi connectivity index (χ3n) is 3.43. The Kier molecular flexibility index (Phi) is 2.85. The molecule has 6 nitrogen and oxygen atoms in total. The Balaban J connectivity index is 1.70. The summed E-state index contributed by atoms with van der Waals surface area (Å²) in [4.78, 5) is 21.6. The molecule has 0 aromatic carbocycles. The van der Waals surface area contributed by atoms with E-state index in [1.807, 2.05) is 13.1 Å². The summed E-state index contributed by atoms with van der Waals surface area (Å²) in [6.07, 6.45) is 2.75. The van der Waals surface area contributed by atoms with Gasteiger partial charge in [-0.15, -0.1) is 0 Å². The van der Waals surface area contributed by atoms with Gasteiger partial charge in [0.25, 0.3) is 5.91 Å². The van der Waals surface area contributed by atoms with E-state index in [9.17, 15) is 4.79 Å². The van der Waals surface area contributed by atoms with E-state index in [-0.39, 0.29) is 11.8 Å². The molecule has 3 rings (SSSR count). The number of hydrogen-bond acceptors (Lipinski definition) is 4. The van der Waals surface area contributed by atoms with Gasteiger partial charge in [-0.1, -0.05) is 5.16 Å². The molecular weight excluding hydrogens is 244 g/mol. The van der Waals surface area contributed by atoms with Crippen molar-refractivity contribution in [3.63, 3.8) is 0 Å². The highest BCUT2D eigenvalue weighted by Crippen LogP contribution is 2.26. The number of rotatable bonds is 2. The smallest absolute Gasteiger partial charge is 0.276 e. The average molecular weight is 260 g/mol. The number of H-pyrrole nitrogens is 1. The van der Waals surface area contributed by atoms with Crippen LogP contribution in [0, 0.1) is 13.8 Å². The Bertz CT molecular complexity index is 601. The molecule has 1 aliphatic heterocycles. The predicted octanol–water partition coefficient (Wildman–Crippen LogP) is 1.64. The van der Waals surface area contributed by atoms with Gasteiger partial charge in [-0.3, -0.25) is 4.79 Å². The number of aromatic amines is 1. The van der Waals surface area contributed by atoms with E-state index in [0.717, 1.165) is 24.5 Å². The van der Waals surface area contributed by atoms with Gasteiger partial charge in [-0.2, -0.15) is 0 Å². The number of nitrogens with one attached hydrogen (secondary N) is 1. The second-order valence-corrected chi connectivity index (χ2v) is 5.01. The van der Waals surface area contributed by atoms with Crippen LogP contribution in [0.3, 0.4) is 0 Å². The molecule has 1 aliphatic rings. The minimum Gasteiger partial charge on any atom is -0.361 e. The Morgan fingerprint density at radius 1 is 1.53 bits per heavy atom. The topological polar surface area (TPSA) is 75.0 Å². The lowest BCUT2D eigenvalue weighted by atomic mass is 10.1. The molecule has 100 valence electrons. The SMILES string of the molecule is Cc1cnc([C@H]2CCN(C(=O)c3cc(C)on3)C2)[nH]1. The molecule has 1 amide bonds. The third kappa shape index (κ3) is 2.25. The van der Waals surface area contributed by atoms with Crippen molar-refractivity contribution >= 4 is 5.91 Å². The summed E-state index contributed by atoms with van der Waals surface area (Å²) in [5.41, 5.74) is 1.43. The quantitative estimate of drug-likeness (QED) is 0.890. The lowest BCUT2D eigenvalue weighted by molar-refractivity contribution is 0.0780. The lowest BCUT2D eigenvalue weighted by Gasteiger charge is -2.13. The highest BCUT2D eigenvalue weighted by Gasteiger charge is 2.30. The molecule has 0 radical (unpaired) electrons. The maximum Gasteiger partial charge on any atom is 0.276 e. The fourth-order valence-corrected chi connectivity index (χ4v) is 2.44. The summed E-state index contributed by atoms with van der Waals surface area (Å²) in [5, 5.41) is 3.77. The second kappa shape index (κ2) is 4.53. The molecule has 3 heterocycles. The summed E-state index contributed by atoms with van der Waals surface area (Å²) in [7, 11) is 0. The van der Waals surface area contributed by atoms with Crippen molar-refractivity contribution in [3.05, 3.63) is 35.2 Å². The van der Waals surface area contributed by atoms with Crippen LogP contribution >= 0.6 is 0 Å². The van der Waals surface area contributed by atoms with Crippen molar-refractivity contribution in [1.29, 1.82) is 0 Å².